The number of hydrogen-bond acceptors (Lipinski definition) is 3. The quantitative estimate of drug-likeness (QED) is 0.774. The van der Waals surface area contributed by atoms with E-state index < -0.39 is 10.0 Å². The van der Waals surface area contributed by atoms with Gasteiger partial charge in [-0.3, -0.25) is 0 Å². The Morgan fingerprint density at radius 1 is 1.33 bits per heavy atom. The van der Waals surface area contributed by atoms with Crippen molar-refractivity contribution in [2.75, 3.05) is 5.73 Å². The molecule has 0 aromatic heterocycles. The fourth-order valence-corrected chi connectivity index (χ4v) is 3.65. The van der Waals surface area contributed by atoms with Gasteiger partial charge in [0.25, 0.3) is 0 Å². The summed E-state index contributed by atoms with van der Waals surface area (Å²) < 4.78 is 26.7. The maximum atomic E-state index is 11.9. The highest BCUT2D eigenvalue weighted by Crippen LogP contribution is 2.35. The monoisotopic (exact) mass is 268 g/mol. The zero-order chi connectivity index (χ0) is 13.2. The molecule has 0 spiro atoms. The van der Waals surface area contributed by atoms with Crippen LogP contribution in [0.3, 0.4) is 0 Å². The molecule has 0 heterocycles. The summed E-state index contributed by atoms with van der Waals surface area (Å²) >= 11 is 0. The van der Waals surface area contributed by atoms with Crippen molar-refractivity contribution in [3.8, 4) is 0 Å². The van der Waals surface area contributed by atoms with Crippen molar-refractivity contribution in [2.45, 2.75) is 38.0 Å². The van der Waals surface area contributed by atoms with Crippen LogP contribution in [-0.4, -0.2) is 14.5 Å². The van der Waals surface area contributed by atoms with Gasteiger partial charge >= 0.3 is 0 Å². The van der Waals surface area contributed by atoms with E-state index in [9.17, 15) is 8.42 Å². The predicted molar refractivity (Wildman–Crippen MR) is 73.4 cm³/mol. The molecule has 1 aliphatic rings. The highest BCUT2D eigenvalue weighted by molar-refractivity contribution is 7.88. The summed E-state index contributed by atoms with van der Waals surface area (Å²) in [6.07, 6.45) is 3.20. The SMILES string of the molecule is CCCC1CC1NS(=O)(=O)Cc1ccc(N)cc1. The van der Waals surface area contributed by atoms with E-state index in [1.165, 1.54) is 0 Å². The van der Waals surface area contributed by atoms with E-state index in [4.69, 9.17) is 5.73 Å². The molecular formula is C13H20N2O2S. The molecule has 2 rings (SSSR count). The fraction of sp³-hybridized carbons (Fsp3) is 0.538. The minimum Gasteiger partial charge on any atom is -0.399 e. The summed E-state index contributed by atoms with van der Waals surface area (Å²) in [6.45, 7) is 2.12. The van der Waals surface area contributed by atoms with Crippen LogP contribution in [0, 0.1) is 5.92 Å². The first kappa shape index (κ1) is 13.4. The fourth-order valence-electron chi connectivity index (χ4n) is 2.19. The first-order valence-corrected chi connectivity index (χ1v) is 8.00. The van der Waals surface area contributed by atoms with Crippen molar-refractivity contribution < 1.29 is 8.42 Å². The molecular weight excluding hydrogens is 248 g/mol. The van der Waals surface area contributed by atoms with Crippen LogP contribution in [0.5, 0.6) is 0 Å². The van der Waals surface area contributed by atoms with Crippen LogP contribution in [-0.2, 0) is 15.8 Å². The minimum absolute atomic E-state index is 0.0304. The maximum absolute atomic E-state index is 11.9. The largest absolute Gasteiger partial charge is 0.399 e. The Kier molecular flexibility index (Phi) is 3.92. The molecule has 18 heavy (non-hydrogen) atoms. The summed E-state index contributed by atoms with van der Waals surface area (Å²) in [5.41, 5.74) is 6.98. The van der Waals surface area contributed by atoms with Gasteiger partial charge in [0.2, 0.25) is 10.0 Å². The number of nitrogens with one attached hydrogen (secondary N) is 1. The van der Waals surface area contributed by atoms with E-state index in [0.29, 0.717) is 11.6 Å². The lowest BCUT2D eigenvalue weighted by atomic mass is 10.2. The van der Waals surface area contributed by atoms with Gasteiger partial charge in [-0.1, -0.05) is 25.5 Å². The third-order valence-corrected chi connectivity index (χ3v) is 4.62. The molecule has 0 bridgehead atoms. The molecule has 1 fully saturated rings. The highest BCUT2D eigenvalue weighted by atomic mass is 32.2. The summed E-state index contributed by atoms with van der Waals surface area (Å²) in [5.74, 6) is 0.569. The summed E-state index contributed by atoms with van der Waals surface area (Å²) in [5, 5.41) is 0. The van der Waals surface area contributed by atoms with Crippen molar-refractivity contribution in [2.24, 2.45) is 5.92 Å². The minimum atomic E-state index is -3.23. The predicted octanol–water partition coefficient (Wildman–Crippen LogP) is 1.88. The van der Waals surface area contributed by atoms with E-state index in [1.807, 2.05) is 0 Å². The van der Waals surface area contributed by atoms with Crippen LogP contribution in [0.25, 0.3) is 0 Å². The van der Waals surface area contributed by atoms with Crippen molar-refractivity contribution in [1.82, 2.24) is 4.72 Å². The third kappa shape index (κ3) is 3.71. The van der Waals surface area contributed by atoms with Gasteiger partial charge in [-0.15, -0.1) is 0 Å². The Labute approximate surface area is 109 Å². The molecule has 2 unspecified atom stereocenters. The van der Waals surface area contributed by atoms with Crippen LogP contribution < -0.4 is 10.5 Å². The Bertz CT molecular complexity index is 496. The zero-order valence-electron chi connectivity index (χ0n) is 10.6. The van der Waals surface area contributed by atoms with E-state index in [2.05, 4.69) is 11.6 Å². The first-order valence-electron chi connectivity index (χ1n) is 6.34. The summed E-state index contributed by atoms with van der Waals surface area (Å²) in [6, 6.07) is 7.11. The van der Waals surface area contributed by atoms with Gasteiger partial charge < -0.3 is 5.73 Å². The van der Waals surface area contributed by atoms with Crippen molar-refractivity contribution in [3.05, 3.63) is 29.8 Å². The van der Waals surface area contributed by atoms with E-state index in [0.717, 1.165) is 24.8 Å². The van der Waals surface area contributed by atoms with Gasteiger partial charge in [0.1, 0.15) is 0 Å². The topological polar surface area (TPSA) is 72.2 Å². The number of sulfonamides is 1. The van der Waals surface area contributed by atoms with Crippen LogP contribution in [0.15, 0.2) is 24.3 Å². The van der Waals surface area contributed by atoms with Gasteiger partial charge in [0.05, 0.1) is 5.75 Å². The second-order valence-corrected chi connectivity index (χ2v) is 6.76. The van der Waals surface area contributed by atoms with Crippen LogP contribution in [0.1, 0.15) is 31.7 Å². The van der Waals surface area contributed by atoms with Crippen molar-refractivity contribution in [1.29, 1.82) is 0 Å². The second kappa shape index (κ2) is 5.28. The molecule has 2 atom stereocenters. The van der Waals surface area contributed by atoms with Gasteiger partial charge in [0.15, 0.2) is 0 Å². The number of nitrogen functional groups attached to an aromatic ring is 1. The molecule has 0 saturated heterocycles. The highest BCUT2D eigenvalue weighted by Gasteiger charge is 2.38. The number of nitrogens with two attached hydrogens (primary N) is 1. The summed E-state index contributed by atoms with van der Waals surface area (Å²) in [7, 11) is -3.23. The lowest BCUT2D eigenvalue weighted by molar-refractivity contribution is 0.572. The molecule has 4 nitrogen and oxygen atoms in total. The first-order chi connectivity index (χ1) is 8.50. The van der Waals surface area contributed by atoms with Gasteiger partial charge in [-0.25, -0.2) is 13.1 Å². The van der Waals surface area contributed by atoms with Gasteiger partial charge in [-0.2, -0.15) is 0 Å². The molecule has 1 saturated carbocycles. The Balaban J connectivity index is 1.90. The Morgan fingerprint density at radius 2 is 2.00 bits per heavy atom. The molecule has 100 valence electrons. The molecule has 5 heteroatoms. The van der Waals surface area contributed by atoms with Crippen LogP contribution in [0.2, 0.25) is 0 Å². The third-order valence-electron chi connectivity index (χ3n) is 3.25. The standard InChI is InChI=1S/C13H20N2O2S/c1-2-3-11-8-13(11)15-18(16,17)9-10-4-6-12(14)7-5-10/h4-7,11,13,15H,2-3,8-9,14H2,1H3. The Morgan fingerprint density at radius 3 is 2.61 bits per heavy atom. The molecule has 0 aliphatic heterocycles. The number of anilines is 1. The van der Waals surface area contributed by atoms with E-state index in [-0.39, 0.29) is 11.8 Å². The number of rotatable bonds is 6. The number of benzene rings is 1. The lowest BCUT2D eigenvalue weighted by Crippen LogP contribution is -2.28. The molecule has 0 amide bonds. The molecule has 1 aliphatic carbocycles. The smallest absolute Gasteiger partial charge is 0.216 e. The lowest BCUT2D eigenvalue weighted by Gasteiger charge is -2.06. The number of hydrogen-bond donors (Lipinski definition) is 2. The molecule has 3 N–H and O–H groups in total. The average molecular weight is 268 g/mol. The van der Waals surface area contributed by atoms with Crippen molar-refractivity contribution >= 4 is 15.7 Å². The van der Waals surface area contributed by atoms with Crippen LogP contribution >= 0.6 is 0 Å². The maximum Gasteiger partial charge on any atom is 0.216 e. The Hall–Kier alpha value is -1.07. The molecule has 1 aromatic carbocycles. The molecule has 1 aromatic rings. The molecule has 0 radical (unpaired) electrons. The average Bonchev–Trinajstić information content (AvgIpc) is 2.99. The second-order valence-electron chi connectivity index (χ2n) is 5.01. The van der Waals surface area contributed by atoms with Crippen LogP contribution in [0.4, 0.5) is 5.69 Å². The normalized spacial score (nSPS) is 22.9. The summed E-state index contributed by atoms with van der Waals surface area (Å²) in [4.78, 5) is 0. The van der Waals surface area contributed by atoms with E-state index >= 15 is 0 Å². The van der Waals surface area contributed by atoms with E-state index in [1.54, 1.807) is 24.3 Å². The zero-order valence-corrected chi connectivity index (χ0v) is 11.4. The van der Waals surface area contributed by atoms with Gasteiger partial charge in [0, 0.05) is 11.7 Å². The van der Waals surface area contributed by atoms with Crippen molar-refractivity contribution in [3.63, 3.8) is 0 Å². The van der Waals surface area contributed by atoms with Gasteiger partial charge in [-0.05, 0) is 36.5 Å².